The lowest BCUT2D eigenvalue weighted by molar-refractivity contribution is -0.139. The van der Waals surface area contributed by atoms with E-state index < -0.39 is 28.5 Å². The number of amides is 2. The van der Waals surface area contributed by atoms with Gasteiger partial charge in [-0.15, -0.1) is 0 Å². The molecule has 0 spiro atoms. The first-order valence-corrected chi connectivity index (χ1v) is 16.0. The van der Waals surface area contributed by atoms with Gasteiger partial charge in [0.05, 0.1) is 15.6 Å². The Hall–Kier alpha value is -2.78. The molecule has 11 heteroatoms. The summed E-state index contributed by atoms with van der Waals surface area (Å²) in [6, 6.07) is 18.3. The molecule has 1 N–H and O–H groups in total. The number of halogens is 3. The van der Waals surface area contributed by atoms with Gasteiger partial charge in [0.1, 0.15) is 12.6 Å². The predicted molar refractivity (Wildman–Crippen MR) is 164 cm³/mol. The minimum Gasteiger partial charge on any atom is -0.352 e. The molecule has 1 aliphatic carbocycles. The van der Waals surface area contributed by atoms with E-state index in [9.17, 15) is 18.0 Å². The SMILES string of the molecule is C[C@H](C(=O)NC1CCCCC1)N(Cc1ccccc1Cl)C(=O)CN(c1cc(Cl)ccc1Cl)S(=O)(=O)c1ccccc1. The molecule has 0 saturated heterocycles. The van der Waals surface area contributed by atoms with Crippen molar-refractivity contribution in [3.8, 4) is 0 Å². The van der Waals surface area contributed by atoms with Crippen LogP contribution in [0.15, 0.2) is 77.7 Å². The summed E-state index contributed by atoms with van der Waals surface area (Å²) in [7, 11) is -4.26. The fourth-order valence-corrected chi connectivity index (χ4v) is 6.95. The standard InChI is InChI=1S/C30H32Cl3N3O4S/c1-21(30(38)34-24-11-4-2-5-12-24)35(19-22-10-8-9-15-26(22)32)29(37)20-36(28-18-23(31)16-17-27(28)33)41(39,40)25-13-6-3-7-14-25/h3,6-10,13-18,21,24H,2,4-5,11-12,19-20H2,1H3,(H,34,38)/t21-/m1/s1. The molecule has 0 unspecified atom stereocenters. The first-order chi connectivity index (χ1) is 19.6. The van der Waals surface area contributed by atoms with Crippen LogP contribution in [0.1, 0.15) is 44.6 Å². The molecule has 3 aromatic rings. The number of sulfonamides is 1. The maximum absolute atomic E-state index is 14.1. The molecule has 4 rings (SSSR count). The van der Waals surface area contributed by atoms with Crippen LogP contribution in [0, 0.1) is 0 Å². The number of benzene rings is 3. The fourth-order valence-electron chi connectivity index (χ4n) is 4.87. The minimum atomic E-state index is -4.26. The van der Waals surface area contributed by atoms with Gasteiger partial charge in [-0.25, -0.2) is 8.42 Å². The maximum atomic E-state index is 14.1. The van der Waals surface area contributed by atoms with Gasteiger partial charge in [0.25, 0.3) is 10.0 Å². The molecule has 41 heavy (non-hydrogen) atoms. The van der Waals surface area contributed by atoms with Gasteiger partial charge in [-0.2, -0.15) is 0 Å². The van der Waals surface area contributed by atoms with E-state index in [1.54, 1.807) is 49.4 Å². The fraction of sp³-hybridized carbons (Fsp3) is 0.333. The van der Waals surface area contributed by atoms with Crippen molar-refractivity contribution in [1.29, 1.82) is 0 Å². The molecular weight excluding hydrogens is 605 g/mol. The van der Waals surface area contributed by atoms with Crippen LogP contribution >= 0.6 is 34.8 Å². The molecule has 1 fully saturated rings. The Kier molecular flexibility index (Phi) is 10.6. The third-order valence-electron chi connectivity index (χ3n) is 7.20. The van der Waals surface area contributed by atoms with Crippen LogP contribution in [0.25, 0.3) is 0 Å². The maximum Gasteiger partial charge on any atom is 0.264 e. The first kappa shape index (κ1) is 31.2. The second kappa shape index (κ2) is 13.9. The van der Waals surface area contributed by atoms with E-state index in [1.807, 2.05) is 0 Å². The molecule has 0 aliphatic heterocycles. The van der Waals surface area contributed by atoms with Crippen molar-refractivity contribution in [2.45, 2.75) is 62.6 Å². The lowest BCUT2D eigenvalue weighted by Gasteiger charge is -2.33. The number of carbonyl (C=O) groups is 2. The summed E-state index contributed by atoms with van der Waals surface area (Å²) in [5.41, 5.74) is 0.673. The molecule has 3 aromatic carbocycles. The van der Waals surface area contributed by atoms with Crippen LogP contribution in [0.3, 0.4) is 0 Å². The molecule has 0 heterocycles. The van der Waals surface area contributed by atoms with Gasteiger partial charge in [0.2, 0.25) is 11.8 Å². The quantitative estimate of drug-likeness (QED) is 0.268. The van der Waals surface area contributed by atoms with Crippen molar-refractivity contribution in [1.82, 2.24) is 10.2 Å². The number of rotatable bonds is 10. The molecule has 2 amide bonds. The number of hydrogen-bond acceptors (Lipinski definition) is 4. The van der Waals surface area contributed by atoms with E-state index >= 15 is 0 Å². The molecule has 218 valence electrons. The van der Waals surface area contributed by atoms with E-state index in [2.05, 4.69) is 5.32 Å². The van der Waals surface area contributed by atoms with Gasteiger partial charge >= 0.3 is 0 Å². The zero-order valence-electron chi connectivity index (χ0n) is 22.6. The Morgan fingerprint density at radius 1 is 0.902 bits per heavy atom. The smallest absolute Gasteiger partial charge is 0.264 e. The highest BCUT2D eigenvalue weighted by Gasteiger charge is 2.34. The largest absolute Gasteiger partial charge is 0.352 e. The van der Waals surface area contributed by atoms with Crippen LogP contribution in [0.4, 0.5) is 5.69 Å². The van der Waals surface area contributed by atoms with E-state index in [1.165, 1.54) is 35.2 Å². The van der Waals surface area contributed by atoms with Gasteiger partial charge in [0.15, 0.2) is 0 Å². The average molecular weight is 637 g/mol. The molecule has 1 saturated carbocycles. The normalized spacial score (nSPS) is 14.7. The van der Waals surface area contributed by atoms with Crippen LogP contribution in [0.2, 0.25) is 15.1 Å². The highest BCUT2D eigenvalue weighted by atomic mass is 35.5. The highest BCUT2D eigenvalue weighted by molar-refractivity contribution is 7.92. The number of nitrogens with one attached hydrogen (secondary N) is 1. The van der Waals surface area contributed by atoms with Gasteiger partial charge in [0, 0.05) is 22.6 Å². The van der Waals surface area contributed by atoms with Crippen molar-refractivity contribution < 1.29 is 18.0 Å². The van der Waals surface area contributed by atoms with Gasteiger partial charge < -0.3 is 10.2 Å². The summed E-state index contributed by atoms with van der Waals surface area (Å²) in [6.07, 6.45) is 4.97. The summed E-state index contributed by atoms with van der Waals surface area (Å²) < 4.78 is 28.7. The highest BCUT2D eigenvalue weighted by Crippen LogP contribution is 2.33. The monoisotopic (exact) mass is 635 g/mol. The van der Waals surface area contributed by atoms with Crippen molar-refractivity contribution >= 4 is 62.3 Å². The minimum absolute atomic E-state index is 0.000261. The summed E-state index contributed by atoms with van der Waals surface area (Å²) in [4.78, 5) is 28.8. The third-order valence-corrected chi connectivity index (χ3v) is 9.90. The van der Waals surface area contributed by atoms with E-state index in [0.29, 0.717) is 10.6 Å². The molecule has 0 aromatic heterocycles. The summed E-state index contributed by atoms with van der Waals surface area (Å²) in [6.45, 7) is 1.01. The lowest BCUT2D eigenvalue weighted by atomic mass is 9.95. The van der Waals surface area contributed by atoms with Crippen LogP contribution in [-0.2, 0) is 26.2 Å². The summed E-state index contributed by atoms with van der Waals surface area (Å²) in [5, 5.41) is 3.85. The molecule has 1 atom stereocenters. The van der Waals surface area contributed by atoms with E-state index in [-0.39, 0.29) is 39.1 Å². The molecule has 0 radical (unpaired) electrons. The second-order valence-corrected chi connectivity index (χ2v) is 13.2. The number of nitrogens with zero attached hydrogens (tertiary/aromatic N) is 2. The third kappa shape index (κ3) is 7.74. The van der Waals surface area contributed by atoms with Crippen molar-refractivity contribution in [2.24, 2.45) is 0 Å². The Morgan fingerprint density at radius 2 is 1.56 bits per heavy atom. The molecule has 0 bridgehead atoms. The molecule has 1 aliphatic rings. The van der Waals surface area contributed by atoms with Crippen molar-refractivity contribution in [3.63, 3.8) is 0 Å². The Balaban J connectivity index is 1.71. The number of carbonyl (C=O) groups excluding carboxylic acids is 2. The number of hydrogen-bond donors (Lipinski definition) is 1. The van der Waals surface area contributed by atoms with Crippen molar-refractivity contribution in [2.75, 3.05) is 10.8 Å². The Bertz CT molecular complexity index is 1480. The Morgan fingerprint density at radius 3 is 2.24 bits per heavy atom. The van der Waals surface area contributed by atoms with E-state index in [0.717, 1.165) is 36.4 Å². The Labute approximate surface area is 256 Å². The van der Waals surface area contributed by atoms with E-state index in [4.69, 9.17) is 34.8 Å². The van der Waals surface area contributed by atoms with Crippen LogP contribution < -0.4 is 9.62 Å². The summed E-state index contributed by atoms with van der Waals surface area (Å²) >= 11 is 19.1. The van der Waals surface area contributed by atoms with Crippen molar-refractivity contribution in [3.05, 3.63) is 93.4 Å². The first-order valence-electron chi connectivity index (χ1n) is 13.4. The van der Waals surface area contributed by atoms with Crippen LogP contribution in [-0.4, -0.2) is 43.8 Å². The van der Waals surface area contributed by atoms with Gasteiger partial charge in [-0.05, 0) is 61.7 Å². The lowest BCUT2D eigenvalue weighted by Crippen LogP contribution is -2.53. The molecular formula is C30H32Cl3N3O4S. The zero-order chi connectivity index (χ0) is 29.6. The van der Waals surface area contributed by atoms with Gasteiger partial charge in [-0.3, -0.25) is 13.9 Å². The zero-order valence-corrected chi connectivity index (χ0v) is 25.7. The predicted octanol–water partition coefficient (Wildman–Crippen LogP) is 6.71. The second-order valence-electron chi connectivity index (χ2n) is 10.1. The van der Waals surface area contributed by atoms with Gasteiger partial charge in [-0.1, -0.05) is 90.5 Å². The topological polar surface area (TPSA) is 86.8 Å². The average Bonchev–Trinajstić information content (AvgIpc) is 2.97. The molecule has 7 nitrogen and oxygen atoms in total. The summed E-state index contributed by atoms with van der Waals surface area (Å²) in [5.74, 6) is -0.915. The van der Waals surface area contributed by atoms with Crippen LogP contribution in [0.5, 0.6) is 0 Å². The number of anilines is 1.